The molecular formula is C15H19N3O3. The van der Waals surface area contributed by atoms with Gasteiger partial charge in [0.25, 0.3) is 5.91 Å². The Bertz CT molecular complexity index is 641. The second-order valence-corrected chi connectivity index (χ2v) is 4.67. The Morgan fingerprint density at radius 3 is 2.71 bits per heavy atom. The quantitative estimate of drug-likeness (QED) is 0.615. The van der Waals surface area contributed by atoms with E-state index < -0.39 is 5.97 Å². The van der Waals surface area contributed by atoms with E-state index in [2.05, 4.69) is 4.98 Å². The smallest absolute Gasteiger partial charge is 0.358 e. The molecule has 6 nitrogen and oxygen atoms in total. The van der Waals surface area contributed by atoms with Crippen molar-refractivity contribution in [1.29, 1.82) is 0 Å². The molecule has 1 aliphatic rings. The monoisotopic (exact) mass is 289 g/mol. The normalized spacial score (nSPS) is 18.9. The fourth-order valence-corrected chi connectivity index (χ4v) is 2.41. The van der Waals surface area contributed by atoms with Crippen LogP contribution in [-0.4, -0.2) is 40.0 Å². The molecular weight excluding hydrogens is 270 g/mol. The summed E-state index contributed by atoms with van der Waals surface area (Å²) >= 11 is 0. The van der Waals surface area contributed by atoms with Gasteiger partial charge in [-0.2, -0.15) is 0 Å². The van der Waals surface area contributed by atoms with E-state index in [9.17, 15) is 9.59 Å². The first-order chi connectivity index (χ1) is 10.0. The summed E-state index contributed by atoms with van der Waals surface area (Å²) in [7, 11) is 1.71. The van der Waals surface area contributed by atoms with Crippen LogP contribution in [0.3, 0.4) is 0 Å². The zero-order chi connectivity index (χ0) is 15.6. The van der Waals surface area contributed by atoms with Crippen LogP contribution in [-0.2, 0) is 16.1 Å². The molecule has 1 aromatic rings. The fourth-order valence-electron chi connectivity index (χ4n) is 2.41. The topological polar surface area (TPSA) is 64.4 Å². The van der Waals surface area contributed by atoms with Crippen molar-refractivity contribution in [3.63, 3.8) is 0 Å². The number of rotatable bonds is 2. The van der Waals surface area contributed by atoms with Crippen LogP contribution in [0.5, 0.6) is 0 Å². The lowest BCUT2D eigenvalue weighted by atomic mass is 10.1. The Kier molecular flexibility index (Phi) is 4.26. The molecule has 0 bridgehead atoms. The summed E-state index contributed by atoms with van der Waals surface area (Å²) in [5.41, 5.74) is 2.24. The molecule has 0 saturated heterocycles. The Morgan fingerprint density at radius 1 is 1.43 bits per heavy atom. The van der Waals surface area contributed by atoms with Crippen molar-refractivity contribution in [3.05, 3.63) is 35.4 Å². The molecule has 21 heavy (non-hydrogen) atoms. The number of carbonyl (C=O) groups excluding carboxylic acids is 2. The van der Waals surface area contributed by atoms with Crippen LogP contribution in [0.15, 0.2) is 24.1 Å². The molecule has 0 N–H and O–H groups in total. The molecule has 1 amide bonds. The van der Waals surface area contributed by atoms with E-state index in [0.717, 1.165) is 5.70 Å². The Labute approximate surface area is 123 Å². The maximum atomic E-state index is 12.4. The van der Waals surface area contributed by atoms with Crippen LogP contribution in [0.25, 0.3) is 5.70 Å². The summed E-state index contributed by atoms with van der Waals surface area (Å²) in [5.74, 6) is -0.546. The van der Waals surface area contributed by atoms with Gasteiger partial charge in [-0.1, -0.05) is 12.2 Å². The maximum Gasteiger partial charge on any atom is 0.358 e. The van der Waals surface area contributed by atoms with E-state index in [1.807, 2.05) is 19.9 Å². The third-order valence-corrected chi connectivity index (χ3v) is 3.40. The number of carbonyl (C=O) groups is 2. The number of amides is 1. The lowest BCUT2D eigenvalue weighted by Crippen LogP contribution is -2.26. The molecule has 0 aromatic carbocycles. The molecule has 6 heteroatoms. The molecule has 112 valence electrons. The highest BCUT2D eigenvalue weighted by atomic mass is 16.5. The zero-order valence-corrected chi connectivity index (χ0v) is 12.7. The number of allylic oxidation sites excluding steroid dienone is 2. The zero-order valence-electron chi connectivity index (χ0n) is 12.7. The highest BCUT2D eigenvalue weighted by molar-refractivity contribution is 6.06. The van der Waals surface area contributed by atoms with Gasteiger partial charge < -0.3 is 14.2 Å². The molecule has 1 aliphatic heterocycles. The van der Waals surface area contributed by atoms with Crippen LogP contribution in [0.4, 0.5) is 0 Å². The minimum absolute atomic E-state index is 0.0795. The lowest BCUT2D eigenvalue weighted by molar-refractivity contribution is -0.125. The van der Waals surface area contributed by atoms with Gasteiger partial charge in [0.1, 0.15) is 6.33 Å². The van der Waals surface area contributed by atoms with E-state index in [-0.39, 0.29) is 18.2 Å². The number of aromatic nitrogens is 2. The number of ether oxygens (including phenoxy) is 1. The highest BCUT2D eigenvalue weighted by Crippen LogP contribution is 2.27. The van der Waals surface area contributed by atoms with Crippen LogP contribution in [0.1, 0.15) is 37.0 Å². The van der Waals surface area contributed by atoms with Gasteiger partial charge in [-0.3, -0.25) is 4.79 Å². The van der Waals surface area contributed by atoms with Crippen molar-refractivity contribution in [1.82, 2.24) is 14.5 Å². The second kappa shape index (κ2) is 5.95. The molecule has 0 fully saturated rings. The average Bonchev–Trinajstić information content (AvgIpc) is 2.83. The van der Waals surface area contributed by atoms with Crippen LogP contribution in [0, 0.1) is 0 Å². The molecule has 2 rings (SSSR count). The predicted octanol–water partition coefficient (Wildman–Crippen LogP) is 1.84. The van der Waals surface area contributed by atoms with Crippen molar-refractivity contribution >= 4 is 17.6 Å². The van der Waals surface area contributed by atoms with Crippen LogP contribution in [0.2, 0.25) is 0 Å². The standard InChI is InChI=1S/C15H19N3O3/c1-5-10-11(6-2)18-9-16-13(15(20)21-7-3)12(18)8-17(4)14(10)19/h5-6,9H,7-8H2,1-4H3/b10-5+,11-6+. The molecule has 1 aromatic heterocycles. The van der Waals surface area contributed by atoms with Crippen molar-refractivity contribution in [2.24, 2.45) is 0 Å². The summed E-state index contributed by atoms with van der Waals surface area (Å²) in [5, 5.41) is 0. The first kappa shape index (κ1) is 15.0. The number of hydrogen-bond acceptors (Lipinski definition) is 4. The van der Waals surface area contributed by atoms with Gasteiger partial charge in [-0.05, 0) is 20.8 Å². The van der Waals surface area contributed by atoms with Crippen molar-refractivity contribution in [2.75, 3.05) is 13.7 Å². The van der Waals surface area contributed by atoms with Crippen molar-refractivity contribution in [2.45, 2.75) is 27.3 Å². The molecule has 0 radical (unpaired) electrons. The van der Waals surface area contributed by atoms with E-state index in [1.54, 1.807) is 35.8 Å². The van der Waals surface area contributed by atoms with Gasteiger partial charge in [0.05, 0.1) is 30.1 Å². The first-order valence-electron chi connectivity index (χ1n) is 6.87. The van der Waals surface area contributed by atoms with Gasteiger partial charge in [0.15, 0.2) is 5.69 Å². The second-order valence-electron chi connectivity index (χ2n) is 4.67. The lowest BCUT2D eigenvalue weighted by Gasteiger charge is -2.14. The van der Waals surface area contributed by atoms with Gasteiger partial charge in [0.2, 0.25) is 0 Å². The van der Waals surface area contributed by atoms with Crippen molar-refractivity contribution < 1.29 is 14.3 Å². The van der Waals surface area contributed by atoms with E-state index in [0.29, 0.717) is 17.8 Å². The number of esters is 1. The third-order valence-electron chi connectivity index (χ3n) is 3.40. The Morgan fingerprint density at radius 2 is 2.14 bits per heavy atom. The minimum Gasteiger partial charge on any atom is -0.461 e. The summed E-state index contributed by atoms with van der Waals surface area (Å²) in [6.45, 7) is 6.01. The van der Waals surface area contributed by atoms with Crippen molar-refractivity contribution in [3.8, 4) is 0 Å². The Balaban J connectivity index is 2.60. The van der Waals surface area contributed by atoms with E-state index >= 15 is 0 Å². The van der Waals surface area contributed by atoms with Crippen LogP contribution >= 0.6 is 0 Å². The van der Waals surface area contributed by atoms with Gasteiger partial charge in [-0.25, -0.2) is 9.78 Å². The number of fused-ring (bicyclic) bond motifs is 1. The summed E-state index contributed by atoms with van der Waals surface area (Å²) in [6, 6.07) is 0. The minimum atomic E-state index is -0.466. The maximum absolute atomic E-state index is 12.4. The molecule has 0 spiro atoms. The largest absolute Gasteiger partial charge is 0.461 e. The number of imidazole rings is 1. The summed E-state index contributed by atoms with van der Waals surface area (Å²) in [4.78, 5) is 30.1. The number of likely N-dealkylation sites (N-methyl/N-ethyl adjacent to an activating group) is 1. The molecule has 0 atom stereocenters. The summed E-state index contributed by atoms with van der Waals surface area (Å²) in [6.07, 6.45) is 5.17. The average molecular weight is 289 g/mol. The first-order valence-corrected chi connectivity index (χ1v) is 6.87. The third kappa shape index (κ3) is 2.49. The van der Waals surface area contributed by atoms with Gasteiger partial charge in [0, 0.05) is 7.05 Å². The molecule has 2 heterocycles. The van der Waals surface area contributed by atoms with Gasteiger partial charge >= 0.3 is 5.97 Å². The molecule has 0 aliphatic carbocycles. The number of hydrogen-bond donors (Lipinski definition) is 0. The van der Waals surface area contributed by atoms with Gasteiger partial charge in [-0.15, -0.1) is 0 Å². The summed E-state index contributed by atoms with van der Waals surface area (Å²) < 4.78 is 6.81. The highest BCUT2D eigenvalue weighted by Gasteiger charge is 2.29. The Hall–Kier alpha value is -2.37. The van der Waals surface area contributed by atoms with E-state index in [1.165, 1.54) is 0 Å². The van der Waals surface area contributed by atoms with Crippen LogP contribution < -0.4 is 0 Å². The predicted molar refractivity (Wildman–Crippen MR) is 78.4 cm³/mol. The van der Waals surface area contributed by atoms with E-state index in [4.69, 9.17) is 4.74 Å². The molecule has 0 saturated carbocycles. The SMILES string of the molecule is C/C=C1/C(=O)N(C)Cc2c(C(=O)OCC)ncn2/C1=C/C. The molecule has 0 unspecified atom stereocenters. The number of nitrogens with zero attached hydrogens (tertiary/aromatic N) is 3. The fraction of sp³-hybridized carbons (Fsp3) is 0.400.